The second-order valence-electron chi connectivity index (χ2n) is 5.38. The van der Waals surface area contributed by atoms with E-state index in [2.05, 4.69) is 4.99 Å². The highest BCUT2D eigenvalue weighted by Gasteiger charge is 2.06. The average molecular weight is 299 g/mol. The lowest BCUT2D eigenvalue weighted by Gasteiger charge is -2.09. The summed E-state index contributed by atoms with van der Waals surface area (Å²) in [7, 11) is 3.38. The Bertz CT molecular complexity index is 750. The number of ether oxygens (including phenoxy) is 1. The van der Waals surface area contributed by atoms with Crippen molar-refractivity contribution >= 4 is 17.1 Å². The standard InChI is InChI=1S/C17H21N3O2/c1-11-7-14(9-20(3)17(11)21)13-5-6-15(18)16(8-13)19-12(2)10-22-4/h5-9H,10,18H2,1-4H3. The molecule has 1 heterocycles. The minimum Gasteiger partial charge on any atom is -0.397 e. The van der Waals surface area contributed by atoms with Gasteiger partial charge < -0.3 is 15.0 Å². The van der Waals surface area contributed by atoms with E-state index < -0.39 is 0 Å². The number of nitrogens with two attached hydrogens (primary N) is 1. The molecule has 1 aromatic carbocycles. The fourth-order valence-corrected chi connectivity index (χ4v) is 2.30. The van der Waals surface area contributed by atoms with Crippen LogP contribution in [0.25, 0.3) is 11.1 Å². The lowest BCUT2D eigenvalue weighted by atomic mass is 10.0. The van der Waals surface area contributed by atoms with E-state index in [0.717, 1.165) is 16.8 Å². The number of nitrogens with zero attached hydrogens (tertiary/aromatic N) is 2. The van der Waals surface area contributed by atoms with Crippen molar-refractivity contribution in [3.63, 3.8) is 0 Å². The van der Waals surface area contributed by atoms with Crippen LogP contribution in [-0.2, 0) is 11.8 Å². The van der Waals surface area contributed by atoms with Crippen molar-refractivity contribution < 1.29 is 4.74 Å². The molecule has 0 aliphatic heterocycles. The number of aromatic nitrogens is 1. The smallest absolute Gasteiger partial charge is 0.253 e. The summed E-state index contributed by atoms with van der Waals surface area (Å²) < 4.78 is 6.65. The van der Waals surface area contributed by atoms with Crippen molar-refractivity contribution in [2.45, 2.75) is 13.8 Å². The molecule has 0 spiro atoms. The van der Waals surface area contributed by atoms with Gasteiger partial charge in [0.15, 0.2) is 0 Å². The summed E-state index contributed by atoms with van der Waals surface area (Å²) in [6, 6.07) is 7.56. The summed E-state index contributed by atoms with van der Waals surface area (Å²) in [5.74, 6) is 0. The lowest BCUT2D eigenvalue weighted by Crippen LogP contribution is -2.18. The number of rotatable bonds is 4. The first kappa shape index (κ1) is 16.0. The Morgan fingerprint density at radius 1 is 1.32 bits per heavy atom. The molecule has 116 valence electrons. The predicted molar refractivity (Wildman–Crippen MR) is 90.9 cm³/mol. The fraction of sp³-hybridized carbons (Fsp3) is 0.294. The van der Waals surface area contributed by atoms with Gasteiger partial charge in [-0.2, -0.15) is 0 Å². The largest absolute Gasteiger partial charge is 0.397 e. The van der Waals surface area contributed by atoms with E-state index in [-0.39, 0.29) is 5.56 Å². The van der Waals surface area contributed by atoms with Gasteiger partial charge in [0.2, 0.25) is 0 Å². The van der Waals surface area contributed by atoms with Crippen LogP contribution in [0, 0.1) is 6.92 Å². The van der Waals surface area contributed by atoms with E-state index in [1.807, 2.05) is 44.3 Å². The monoisotopic (exact) mass is 299 g/mol. The molecule has 0 radical (unpaired) electrons. The molecule has 0 fully saturated rings. The number of aryl methyl sites for hydroxylation is 2. The fourth-order valence-electron chi connectivity index (χ4n) is 2.30. The Kier molecular flexibility index (Phi) is 4.78. The van der Waals surface area contributed by atoms with Gasteiger partial charge in [-0.1, -0.05) is 6.07 Å². The molecule has 0 atom stereocenters. The number of methoxy groups -OCH3 is 1. The third kappa shape index (κ3) is 3.43. The van der Waals surface area contributed by atoms with Crippen LogP contribution >= 0.6 is 0 Å². The number of hydrogen-bond donors (Lipinski definition) is 1. The predicted octanol–water partition coefficient (Wildman–Crippen LogP) is 2.68. The van der Waals surface area contributed by atoms with Gasteiger partial charge in [0.25, 0.3) is 5.56 Å². The highest BCUT2D eigenvalue weighted by molar-refractivity contribution is 5.88. The average Bonchev–Trinajstić information content (AvgIpc) is 2.47. The van der Waals surface area contributed by atoms with Gasteiger partial charge in [-0.05, 0) is 43.2 Å². The molecule has 0 unspecified atom stereocenters. The summed E-state index contributed by atoms with van der Waals surface area (Å²) in [5.41, 5.74) is 10.8. The van der Waals surface area contributed by atoms with Crippen molar-refractivity contribution in [3.8, 4) is 11.1 Å². The Morgan fingerprint density at radius 3 is 2.68 bits per heavy atom. The van der Waals surface area contributed by atoms with Crippen LogP contribution < -0.4 is 11.3 Å². The van der Waals surface area contributed by atoms with E-state index in [1.54, 1.807) is 18.7 Å². The zero-order valence-electron chi connectivity index (χ0n) is 13.4. The molecule has 5 heteroatoms. The van der Waals surface area contributed by atoms with Gasteiger partial charge in [0.1, 0.15) is 0 Å². The topological polar surface area (TPSA) is 69.6 Å². The van der Waals surface area contributed by atoms with Crippen molar-refractivity contribution in [1.29, 1.82) is 0 Å². The van der Waals surface area contributed by atoms with Gasteiger partial charge in [0, 0.05) is 31.6 Å². The van der Waals surface area contributed by atoms with Crippen LogP contribution in [0.1, 0.15) is 12.5 Å². The van der Waals surface area contributed by atoms with Crippen molar-refractivity contribution in [2.75, 3.05) is 19.5 Å². The molecule has 0 saturated heterocycles. The van der Waals surface area contributed by atoms with Crippen molar-refractivity contribution in [1.82, 2.24) is 4.57 Å². The van der Waals surface area contributed by atoms with Gasteiger partial charge in [0.05, 0.1) is 18.0 Å². The molecule has 0 amide bonds. The van der Waals surface area contributed by atoms with Gasteiger partial charge in [-0.25, -0.2) is 0 Å². The molecule has 2 rings (SSSR count). The lowest BCUT2D eigenvalue weighted by molar-refractivity contribution is 0.245. The first-order chi connectivity index (χ1) is 10.4. The Balaban J connectivity index is 2.50. The maximum atomic E-state index is 11.8. The molecule has 0 aliphatic carbocycles. The van der Waals surface area contributed by atoms with Gasteiger partial charge in [-0.15, -0.1) is 0 Å². The number of nitrogen functional groups attached to an aromatic ring is 1. The first-order valence-electron chi connectivity index (χ1n) is 7.02. The summed E-state index contributed by atoms with van der Waals surface area (Å²) in [4.78, 5) is 16.3. The highest BCUT2D eigenvalue weighted by atomic mass is 16.5. The van der Waals surface area contributed by atoms with Crippen LogP contribution in [0.2, 0.25) is 0 Å². The molecule has 0 bridgehead atoms. The number of anilines is 1. The first-order valence-corrected chi connectivity index (χ1v) is 7.02. The van der Waals surface area contributed by atoms with Crippen LogP contribution in [-0.4, -0.2) is 24.0 Å². The molecule has 1 aromatic heterocycles. The maximum absolute atomic E-state index is 11.8. The summed E-state index contributed by atoms with van der Waals surface area (Å²) in [6.07, 6.45) is 1.82. The number of aliphatic imine (C=N–C) groups is 1. The molecule has 2 aromatic rings. The van der Waals surface area contributed by atoms with Crippen molar-refractivity contribution in [2.24, 2.45) is 12.0 Å². The van der Waals surface area contributed by atoms with E-state index >= 15 is 0 Å². The van der Waals surface area contributed by atoms with Crippen LogP contribution in [0.15, 0.2) is 40.2 Å². The van der Waals surface area contributed by atoms with Gasteiger partial charge >= 0.3 is 0 Å². The third-order valence-electron chi connectivity index (χ3n) is 3.39. The highest BCUT2D eigenvalue weighted by Crippen LogP contribution is 2.29. The van der Waals surface area contributed by atoms with E-state index in [9.17, 15) is 4.79 Å². The SMILES string of the molecule is COCC(C)=Nc1cc(-c2cc(C)c(=O)n(C)c2)ccc1N. The molecule has 0 aliphatic rings. The molecular formula is C17H21N3O2. The Hall–Kier alpha value is -2.40. The third-order valence-corrected chi connectivity index (χ3v) is 3.39. The number of hydrogen-bond acceptors (Lipinski definition) is 4. The van der Waals surface area contributed by atoms with Crippen LogP contribution in [0.4, 0.5) is 11.4 Å². The second-order valence-corrected chi connectivity index (χ2v) is 5.38. The number of pyridine rings is 1. The number of benzene rings is 1. The molecule has 0 saturated carbocycles. The zero-order valence-corrected chi connectivity index (χ0v) is 13.4. The van der Waals surface area contributed by atoms with Gasteiger partial charge in [-0.3, -0.25) is 9.79 Å². The molecule has 22 heavy (non-hydrogen) atoms. The van der Waals surface area contributed by atoms with E-state index in [0.29, 0.717) is 23.5 Å². The normalized spacial score (nSPS) is 11.7. The maximum Gasteiger partial charge on any atom is 0.253 e. The quantitative estimate of drug-likeness (QED) is 0.697. The van der Waals surface area contributed by atoms with Crippen LogP contribution in [0.3, 0.4) is 0 Å². The molecule has 5 nitrogen and oxygen atoms in total. The Labute approximate surface area is 130 Å². The summed E-state index contributed by atoms with van der Waals surface area (Å²) in [6.45, 7) is 4.17. The Morgan fingerprint density at radius 2 is 2.05 bits per heavy atom. The minimum atomic E-state index is 0.00776. The minimum absolute atomic E-state index is 0.00776. The zero-order chi connectivity index (χ0) is 16.3. The van der Waals surface area contributed by atoms with Crippen LogP contribution in [0.5, 0.6) is 0 Å². The second kappa shape index (κ2) is 6.58. The van der Waals surface area contributed by atoms with Crippen molar-refractivity contribution in [3.05, 3.63) is 46.4 Å². The van der Waals surface area contributed by atoms with E-state index in [1.165, 1.54) is 0 Å². The van der Waals surface area contributed by atoms with E-state index in [4.69, 9.17) is 10.5 Å². The summed E-state index contributed by atoms with van der Waals surface area (Å²) in [5, 5.41) is 0. The molecule has 2 N–H and O–H groups in total. The molecular weight excluding hydrogens is 278 g/mol. The summed E-state index contributed by atoms with van der Waals surface area (Å²) >= 11 is 0.